The van der Waals surface area contributed by atoms with E-state index in [9.17, 15) is 13.2 Å². The summed E-state index contributed by atoms with van der Waals surface area (Å²) in [5, 5.41) is 0. The lowest BCUT2D eigenvalue weighted by Crippen LogP contribution is -2.03. The van der Waals surface area contributed by atoms with Gasteiger partial charge in [-0.15, -0.1) is 6.42 Å². The van der Waals surface area contributed by atoms with E-state index in [1.807, 2.05) is 0 Å². The summed E-state index contributed by atoms with van der Waals surface area (Å²) < 4.78 is 36.6. The van der Waals surface area contributed by atoms with Crippen LogP contribution in [-0.2, 0) is 5.41 Å². The molecule has 0 radical (unpaired) electrons. The van der Waals surface area contributed by atoms with Crippen molar-refractivity contribution in [1.82, 2.24) is 0 Å². The molecule has 1 aliphatic rings. The van der Waals surface area contributed by atoms with Gasteiger partial charge in [0.15, 0.2) is 0 Å². The van der Waals surface area contributed by atoms with Gasteiger partial charge in [-0.05, 0) is 42.3 Å². The topological polar surface area (TPSA) is 0 Å². The number of hydrogen-bond donors (Lipinski definition) is 0. The first-order valence-electron chi connectivity index (χ1n) is 4.79. The second-order valence-electron chi connectivity index (χ2n) is 3.80. The fourth-order valence-corrected chi connectivity index (χ4v) is 2.23. The zero-order valence-corrected chi connectivity index (χ0v) is 9.16. The third kappa shape index (κ3) is 2.35. The van der Waals surface area contributed by atoms with Crippen molar-refractivity contribution >= 4 is 11.8 Å². The third-order valence-electron chi connectivity index (χ3n) is 2.65. The summed E-state index contributed by atoms with van der Waals surface area (Å²) in [6, 6.07) is 6.42. The van der Waals surface area contributed by atoms with Crippen LogP contribution in [-0.4, -0.2) is 5.51 Å². The molecule has 4 heteroatoms. The minimum Gasteiger partial charge on any atom is -0.160 e. The van der Waals surface area contributed by atoms with Crippen molar-refractivity contribution in [2.24, 2.45) is 0 Å². The van der Waals surface area contributed by atoms with Gasteiger partial charge in [0.1, 0.15) is 0 Å². The number of rotatable bonds is 2. The lowest BCUT2D eigenvalue weighted by Gasteiger charge is -2.10. The molecule has 1 saturated carbocycles. The minimum atomic E-state index is -4.24. The zero-order valence-electron chi connectivity index (χ0n) is 8.34. The van der Waals surface area contributed by atoms with Crippen molar-refractivity contribution in [3.05, 3.63) is 29.8 Å². The van der Waals surface area contributed by atoms with Gasteiger partial charge < -0.3 is 0 Å². The first-order chi connectivity index (χ1) is 7.45. The largest absolute Gasteiger partial charge is 0.446 e. The number of alkyl halides is 3. The van der Waals surface area contributed by atoms with Crippen LogP contribution in [0.2, 0.25) is 0 Å². The molecule has 0 nitrogen and oxygen atoms in total. The molecule has 16 heavy (non-hydrogen) atoms. The fourth-order valence-electron chi connectivity index (χ4n) is 1.63. The molecule has 1 aromatic carbocycles. The Morgan fingerprint density at radius 1 is 1.31 bits per heavy atom. The second-order valence-corrected chi connectivity index (χ2v) is 4.94. The van der Waals surface area contributed by atoms with Gasteiger partial charge in [-0.25, -0.2) is 0 Å². The highest BCUT2D eigenvalue weighted by atomic mass is 32.2. The molecule has 0 N–H and O–H groups in total. The third-order valence-corrected chi connectivity index (χ3v) is 3.37. The van der Waals surface area contributed by atoms with Crippen molar-refractivity contribution in [2.75, 3.05) is 0 Å². The maximum Gasteiger partial charge on any atom is 0.446 e. The van der Waals surface area contributed by atoms with Crippen LogP contribution in [0.15, 0.2) is 29.2 Å². The Labute approximate surface area is 96.2 Å². The first-order valence-corrected chi connectivity index (χ1v) is 5.61. The van der Waals surface area contributed by atoms with E-state index in [2.05, 4.69) is 5.92 Å². The highest BCUT2D eigenvalue weighted by molar-refractivity contribution is 8.00. The lowest BCUT2D eigenvalue weighted by molar-refractivity contribution is -0.0328. The predicted octanol–water partition coefficient (Wildman–Crippen LogP) is 3.96. The van der Waals surface area contributed by atoms with E-state index in [0.29, 0.717) is 0 Å². The Kier molecular flexibility index (Phi) is 2.67. The van der Waals surface area contributed by atoms with Crippen molar-refractivity contribution < 1.29 is 13.2 Å². The van der Waals surface area contributed by atoms with E-state index >= 15 is 0 Å². The van der Waals surface area contributed by atoms with Crippen LogP contribution in [0.5, 0.6) is 0 Å². The van der Waals surface area contributed by atoms with Crippen LogP contribution >= 0.6 is 11.8 Å². The summed E-state index contributed by atoms with van der Waals surface area (Å²) >= 11 is -0.0993. The van der Waals surface area contributed by atoms with Gasteiger partial charge in [0.05, 0.1) is 5.41 Å². The molecule has 0 bridgehead atoms. The molecule has 0 amide bonds. The Morgan fingerprint density at radius 3 is 2.50 bits per heavy atom. The van der Waals surface area contributed by atoms with E-state index in [1.54, 1.807) is 18.2 Å². The molecule has 0 heterocycles. The Bertz CT molecular complexity index is 438. The molecule has 1 fully saturated rings. The molecule has 0 aliphatic heterocycles. The van der Waals surface area contributed by atoms with E-state index in [-0.39, 0.29) is 22.1 Å². The number of benzene rings is 1. The summed E-state index contributed by atoms with van der Waals surface area (Å²) in [6.07, 6.45) is 7.13. The smallest absolute Gasteiger partial charge is 0.160 e. The number of thioether (sulfide) groups is 1. The molecule has 0 unspecified atom stereocenters. The number of terminal acetylenes is 1. The molecule has 0 atom stereocenters. The number of halogens is 3. The zero-order chi connectivity index (χ0) is 11.8. The van der Waals surface area contributed by atoms with Gasteiger partial charge >= 0.3 is 5.51 Å². The van der Waals surface area contributed by atoms with Crippen LogP contribution in [0.3, 0.4) is 0 Å². The summed E-state index contributed by atoms with van der Waals surface area (Å²) in [5.74, 6) is 2.67. The van der Waals surface area contributed by atoms with Crippen molar-refractivity contribution in [3.8, 4) is 12.3 Å². The maximum absolute atomic E-state index is 12.2. The van der Waals surface area contributed by atoms with Crippen LogP contribution in [0.4, 0.5) is 13.2 Å². The average Bonchev–Trinajstić information content (AvgIpc) is 2.96. The van der Waals surface area contributed by atoms with E-state index in [0.717, 1.165) is 18.4 Å². The predicted molar refractivity (Wildman–Crippen MR) is 58.1 cm³/mol. The highest BCUT2D eigenvalue weighted by Gasteiger charge is 2.42. The van der Waals surface area contributed by atoms with E-state index in [4.69, 9.17) is 6.42 Å². The summed E-state index contributed by atoms with van der Waals surface area (Å²) in [5.41, 5.74) is -3.72. The summed E-state index contributed by atoms with van der Waals surface area (Å²) in [7, 11) is 0. The molecule has 1 aromatic rings. The van der Waals surface area contributed by atoms with Gasteiger partial charge in [-0.3, -0.25) is 0 Å². The van der Waals surface area contributed by atoms with E-state index in [1.165, 1.54) is 6.07 Å². The van der Waals surface area contributed by atoms with Gasteiger partial charge in [0.2, 0.25) is 0 Å². The molecule has 0 saturated heterocycles. The van der Waals surface area contributed by atoms with Crippen LogP contribution in [0.25, 0.3) is 0 Å². The molecular formula is C12H9F3S. The molecular weight excluding hydrogens is 233 g/mol. The fraction of sp³-hybridized carbons (Fsp3) is 0.333. The second kappa shape index (κ2) is 3.74. The van der Waals surface area contributed by atoms with E-state index < -0.39 is 5.51 Å². The summed E-state index contributed by atoms with van der Waals surface area (Å²) in [6.45, 7) is 0. The Hall–Kier alpha value is -1.08. The normalized spacial score (nSPS) is 17.9. The SMILES string of the molecule is C#CC1(c2cccc(SC(F)(F)F)c2)CC1. The summed E-state index contributed by atoms with van der Waals surface area (Å²) in [4.78, 5) is 0.200. The molecule has 0 aromatic heterocycles. The average molecular weight is 242 g/mol. The molecule has 84 valence electrons. The van der Waals surface area contributed by atoms with Crippen LogP contribution in [0, 0.1) is 12.3 Å². The van der Waals surface area contributed by atoms with Crippen LogP contribution < -0.4 is 0 Å². The van der Waals surface area contributed by atoms with Crippen molar-refractivity contribution in [1.29, 1.82) is 0 Å². The lowest BCUT2D eigenvalue weighted by atomic mass is 9.97. The van der Waals surface area contributed by atoms with Crippen molar-refractivity contribution in [3.63, 3.8) is 0 Å². The number of hydrogen-bond acceptors (Lipinski definition) is 1. The van der Waals surface area contributed by atoms with Crippen molar-refractivity contribution in [2.45, 2.75) is 28.7 Å². The maximum atomic E-state index is 12.2. The highest BCUT2D eigenvalue weighted by Crippen LogP contribution is 2.48. The van der Waals surface area contributed by atoms with Gasteiger partial charge in [-0.1, -0.05) is 18.1 Å². The van der Waals surface area contributed by atoms with Gasteiger partial charge in [0.25, 0.3) is 0 Å². The van der Waals surface area contributed by atoms with Gasteiger partial charge in [0, 0.05) is 4.90 Å². The van der Waals surface area contributed by atoms with Crippen LogP contribution in [0.1, 0.15) is 18.4 Å². The van der Waals surface area contributed by atoms with Gasteiger partial charge in [-0.2, -0.15) is 13.2 Å². The minimum absolute atomic E-state index is 0.0993. The standard InChI is InChI=1S/C12H9F3S/c1-2-11(6-7-11)9-4-3-5-10(8-9)16-12(13,14)15/h1,3-5,8H,6-7H2. The molecule has 1 aliphatic carbocycles. The first kappa shape index (κ1) is 11.4. The Balaban J connectivity index is 2.25. The quantitative estimate of drug-likeness (QED) is 0.558. The Morgan fingerprint density at radius 2 is 2.00 bits per heavy atom. The monoisotopic (exact) mass is 242 g/mol. The molecule has 0 spiro atoms. The molecule has 2 rings (SSSR count).